The smallest absolute Gasteiger partial charge is 0.116 e. The lowest BCUT2D eigenvalue weighted by Crippen LogP contribution is -2.46. The molecule has 1 aliphatic heterocycles. The molecule has 3 heteroatoms. The van der Waals surface area contributed by atoms with E-state index in [-0.39, 0.29) is 0 Å². The van der Waals surface area contributed by atoms with Crippen LogP contribution in [0.15, 0.2) is 0 Å². The van der Waals surface area contributed by atoms with Gasteiger partial charge in [-0.05, 0) is 20.6 Å². The van der Waals surface area contributed by atoms with Crippen molar-refractivity contribution in [3.8, 4) is 0 Å². The second kappa shape index (κ2) is 3.32. The van der Waals surface area contributed by atoms with E-state index < -0.39 is 0 Å². The maximum absolute atomic E-state index is 3.40. The zero-order valence-electron chi connectivity index (χ0n) is 7.09. The minimum Gasteiger partial charge on any atom is -0.290 e. The Labute approximate surface area is 63.0 Å². The average molecular weight is 143 g/mol. The van der Waals surface area contributed by atoms with Crippen LogP contribution >= 0.6 is 0 Å². The van der Waals surface area contributed by atoms with Crippen LogP contribution < -0.4 is 5.32 Å². The highest BCUT2D eigenvalue weighted by atomic mass is 15.5. The van der Waals surface area contributed by atoms with Gasteiger partial charge >= 0.3 is 0 Å². The topological polar surface area (TPSA) is 18.5 Å². The lowest BCUT2D eigenvalue weighted by atomic mass is 10.6. The normalized spacial score (nSPS) is 24.3. The van der Waals surface area contributed by atoms with Gasteiger partial charge in [0.2, 0.25) is 0 Å². The maximum atomic E-state index is 3.40. The van der Waals surface area contributed by atoms with Gasteiger partial charge in [-0.15, -0.1) is 0 Å². The molecule has 0 aromatic rings. The molecule has 0 aliphatic carbocycles. The lowest BCUT2D eigenvalue weighted by Gasteiger charge is -2.25. The fraction of sp³-hybridized carbons (Fsp3) is 1.00. The van der Waals surface area contributed by atoms with Crippen LogP contribution in [0.4, 0.5) is 0 Å². The zero-order chi connectivity index (χ0) is 7.56. The first-order valence-corrected chi connectivity index (χ1v) is 3.89. The van der Waals surface area contributed by atoms with E-state index in [9.17, 15) is 0 Å². The summed E-state index contributed by atoms with van der Waals surface area (Å²) < 4.78 is 0. The molecule has 0 aromatic carbocycles. The van der Waals surface area contributed by atoms with E-state index in [1.807, 2.05) is 0 Å². The van der Waals surface area contributed by atoms with Crippen LogP contribution in [-0.2, 0) is 0 Å². The fourth-order valence-corrected chi connectivity index (χ4v) is 1.39. The summed E-state index contributed by atoms with van der Waals surface area (Å²) in [5.74, 6) is 0. The summed E-state index contributed by atoms with van der Waals surface area (Å²) in [4.78, 5) is 4.65. The van der Waals surface area contributed by atoms with Gasteiger partial charge in [-0.25, -0.2) is 0 Å². The Balaban J connectivity index is 2.38. The van der Waals surface area contributed by atoms with Crippen molar-refractivity contribution in [1.82, 2.24) is 15.1 Å². The molecule has 0 unspecified atom stereocenters. The number of rotatable bonds is 2. The minimum atomic E-state index is 0.463. The summed E-state index contributed by atoms with van der Waals surface area (Å²) in [6.07, 6.45) is 0.463. The van der Waals surface area contributed by atoms with Gasteiger partial charge in [-0.3, -0.25) is 15.1 Å². The van der Waals surface area contributed by atoms with Gasteiger partial charge in [0.15, 0.2) is 0 Å². The van der Waals surface area contributed by atoms with Crippen LogP contribution in [0.1, 0.15) is 6.92 Å². The van der Waals surface area contributed by atoms with Gasteiger partial charge in [0.25, 0.3) is 0 Å². The van der Waals surface area contributed by atoms with Crippen molar-refractivity contribution in [3.05, 3.63) is 0 Å². The first kappa shape index (κ1) is 7.98. The summed E-state index contributed by atoms with van der Waals surface area (Å²) in [6, 6.07) is 0. The second-order valence-electron chi connectivity index (χ2n) is 2.89. The van der Waals surface area contributed by atoms with E-state index in [2.05, 4.69) is 36.1 Å². The van der Waals surface area contributed by atoms with Gasteiger partial charge in [-0.2, -0.15) is 0 Å². The Morgan fingerprint density at radius 3 is 2.20 bits per heavy atom. The number of likely N-dealkylation sites (N-methyl/N-ethyl adjacent to an activating group) is 2. The van der Waals surface area contributed by atoms with Crippen LogP contribution in [-0.4, -0.2) is 49.8 Å². The van der Waals surface area contributed by atoms with Crippen LogP contribution in [0.25, 0.3) is 0 Å². The highest BCUT2D eigenvalue weighted by molar-refractivity contribution is 4.73. The molecule has 1 aliphatic rings. The quantitative estimate of drug-likeness (QED) is 0.575. The van der Waals surface area contributed by atoms with Crippen molar-refractivity contribution in [2.45, 2.75) is 13.2 Å². The molecule has 0 bridgehead atoms. The van der Waals surface area contributed by atoms with Gasteiger partial charge in [-0.1, -0.05) is 6.92 Å². The lowest BCUT2D eigenvalue weighted by molar-refractivity contribution is 0.150. The molecule has 1 N–H and O–H groups in total. The Kier molecular flexibility index (Phi) is 2.65. The zero-order valence-corrected chi connectivity index (χ0v) is 7.09. The minimum absolute atomic E-state index is 0.463. The number of hydrogen-bond donors (Lipinski definition) is 1. The number of nitrogens with one attached hydrogen (secondary N) is 1. The predicted molar refractivity (Wildman–Crippen MR) is 42.7 cm³/mol. The number of hydrogen-bond acceptors (Lipinski definition) is 3. The first-order chi connectivity index (χ1) is 4.75. The van der Waals surface area contributed by atoms with E-state index >= 15 is 0 Å². The van der Waals surface area contributed by atoms with E-state index in [0.717, 1.165) is 6.54 Å². The molecule has 0 aromatic heterocycles. The highest BCUT2D eigenvalue weighted by Gasteiger charge is 2.24. The molecule has 0 radical (unpaired) electrons. The number of nitrogens with zero attached hydrogens (tertiary/aromatic N) is 2. The molecular weight excluding hydrogens is 126 g/mol. The van der Waals surface area contributed by atoms with Crippen molar-refractivity contribution in [2.75, 3.05) is 33.7 Å². The Morgan fingerprint density at radius 1 is 1.30 bits per heavy atom. The van der Waals surface area contributed by atoms with Crippen molar-refractivity contribution in [1.29, 1.82) is 0 Å². The van der Waals surface area contributed by atoms with E-state index in [1.165, 1.54) is 13.1 Å². The predicted octanol–water partition coefficient (Wildman–Crippen LogP) is -0.243. The molecule has 1 saturated heterocycles. The molecule has 1 rings (SSSR count). The van der Waals surface area contributed by atoms with Crippen molar-refractivity contribution >= 4 is 0 Å². The van der Waals surface area contributed by atoms with E-state index in [1.54, 1.807) is 0 Å². The molecule has 0 spiro atoms. The largest absolute Gasteiger partial charge is 0.290 e. The van der Waals surface area contributed by atoms with Crippen LogP contribution in [0, 0.1) is 0 Å². The Morgan fingerprint density at radius 2 is 1.80 bits per heavy atom. The molecular formula is C7H17N3. The summed E-state index contributed by atoms with van der Waals surface area (Å²) in [7, 11) is 4.30. The molecule has 3 nitrogen and oxygen atoms in total. The SMILES string of the molecule is CCNC1N(C)CCN1C. The molecule has 10 heavy (non-hydrogen) atoms. The molecule has 1 fully saturated rings. The summed E-state index contributed by atoms with van der Waals surface area (Å²) >= 11 is 0. The van der Waals surface area contributed by atoms with Crippen molar-refractivity contribution < 1.29 is 0 Å². The summed E-state index contributed by atoms with van der Waals surface area (Å²) in [5.41, 5.74) is 0. The highest BCUT2D eigenvalue weighted by Crippen LogP contribution is 2.05. The standard InChI is InChI=1S/C7H17N3/c1-4-8-7-9(2)5-6-10(7)3/h7-8H,4-6H2,1-3H3. The third-order valence-corrected chi connectivity index (χ3v) is 2.03. The fourth-order valence-electron chi connectivity index (χ4n) is 1.39. The summed E-state index contributed by atoms with van der Waals surface area (Å²) in [5, 5.41) is 3.40. The summed E-state index contributed by atoms with van der Waals surface area (Å²) in [6.45, 7) is 5.53. The van der Waals surface area contributed by atoms with Gasteiger partial charge in [0.1, 0.15) is 6.29 Å². The molecule has 60 valence electrons. The van der Waals surface area contributed by atoms with Crippen molar-refractivity contribution in [3.63, 3.8) is 0 Å². The second-order valence-corrected chi connectivity index (χ2v) is 2.89. The molecule has 1 heterocycles. The molecule has 0 atom stereocenters. The van der Waals surface area contributed by atoms with Crippen LogP contribution in [0.2, 0.25) is 0 Å². The van der Waals surface area contributed by atoms with Crippen LogP contribution in [0.3, 0.4) is 0 Å². The average Bonchev–Trinajstić information content (AvgIpc) is 2.20. The van der Waals surface area contributed by atoms with E-state index in [4.69, 9.17) is 0 Å². The van der Waals surface area contributed by atoms with Gasteiger partial charge < -0.3 is 0 Å². The third-order valence-electron chi connectivity index (χ3n) is 2.03. The first-order valence-electron chi connectivity index (χ1n) is 3.89. The maximum Gasteiger partial charge on any atom is 0.116 e. The van der Waals surface area contributed by atoms with E-state index in [0.29, 0.717) is 6.29 Å². The molecule has 0 saturated carbocycles. The molecule has 0 amide bonds. The Bertz CT molecular complexity index is 95.0. The van der Waals surface area contributed by atoms with Gasteiger partial charge in [0, 0.05) is 13.1 Å². The van der Waals surface area contributed by atoms with Crippen molar-refractivity contribution in [2.24, 2.45) is 0 Å². The Hall–Kier alpha value is -0.120. The monoisotopic (exact) mass is 143 g/mol. The van der Waals surface area contributed by atoms with Crippen LogP contribution in [0.5, 0.6) is 0 Å². The third kappa shape index (κ3) is 1.48. The van der Waals surface area contributed by atoms with Gasteiger partial charge in [0.05, 0.1) is 0 Å².